The molecule has 0 saturated carbocycles. The highest BCUT2D eigenvalue weighted by molar-refractivity contribution is 6.00. The van der Waals surface area contributed by atoms with Crippen LogP contribution in [-0.2, 0) is 25.7 Å². The molecule has 8 heteroatoms. The molecule has 0 bridgehead atoms. The lowest BCUT2D eigenvalue weighted by Crippen LogP contribution is -2.56. The Bertz CT molecular complexity index is 582. The molecule has 1 aromatic rings. The average molecular weight is 338 g/mol. The van der Waals surface area contributed by atoms with Crippen LogP contribution in [0.1, 0.15) is 26.3 Å². The van der Waals surface area contributed by atoms with Gasteiger partial charge in [-0.3, -0.25) is 0 Å². The topological polar surface area (TPSA) is 105 Å². The van der Waals surface area contributed by atoms with Crippen LogP contribution in [0.15, 0.2) is 30.3 Å². The molecule has 132 valence electrons. The minimum Gasteiger partial charge on any atom is -0.479 e. The number of carboxylic acids is 1. The second-order valence-electron chi connectivity index (χ2n) is 5.91. The van der Waals surface area contributed by atoms with Crippen LogP contribution in [0.2, 0.25) is 0 Å². The van der Waals surface area contributed by atoms with Gasteiger partial charge in [-0.1, -0.05) is 30.3 Å². The number of carboxylic acid groups (broad SMARTS) is 1. The van der Waals surface area contributed by atoms with E-state index in [-0.39, 0.29) is 6.61 Å². The molecular formula is C16H22N2O6. The van der Waals surface area contributed by atoms with E-state index >= 15 is 0 Å². The second-order valence-corrected chi connectivity index (χ2v) is 5.91. The first-order valence-electron chi connectivity index (χ1n) is 7.28. The van der Waals surface area contributed by atoms with Crippen LogP contribution in [0.25, 0.3) is 0 Å². The fourth-order valence-electron chi connectivity index (χ4n) is 1.79. The number of hydrogen-bond acceptors (Lipinski definition) is 6. The van der Waals surface area contributed by atoms with Crippen molar-refractivity contribution in [2.45, 2.75) is 39.0 Å². The molecule has 1 unspecified atom stereocenters. The first-order valence-corrected chi connectivity index (χ1v) is 7.28. The van der Waals surface area contributed by atoms with E-state index in [1.807, 2.05) is 6.07 Å². The molecule has 2 N–H and O–H groups in total. The number of ether oxygens (including phenoxy) is 2. The summed E-state index contributed by atoms with van der Waals surface area (Å²) in [4.78, 5) is 35.6. The summed E-state index contributed by atoms with van der Waals surface area (Å²) in [7, 11) is 1.31. The molecule has 0 aliphatic heterocycles. The number of hydrazine groups is 1. The highest BCUT2D eigenvalue weighted by Crippen LogP contribution is 2.12. The maximum Gasteiger partial charge on any atom is 0.425 e. The number of amides is 1. The van der Waals surface area contributed by atoms with E-state index in [9.17, 15) is 19.5 Å². The van der Waals surface area contributed by atoms with E-state index in [1.54, 1.807) is 45.0 Å². The molecule has 0 aromatic heterocycles. The lowest BCUT2D eigenvalue weighted by molar-refractivity contribution is -0.169. The molecule has 1 amide bonds. The van der Waals surface area contributed by atoms with Crippen molar-refractivity contribution in [3.05, 3.63) is 35.9 Å². The Morgan fingerprint density at radius 3 is 2.25 bits per heavy atom. The molecule has 1 rings (SSSR count). The minimum absolute atomic E-state index is 0.0570. The summed E-state index contributed by atoms with van der Waals surface area (Å²) in [6.07, 6.45) is -1.00. The van der Waals surface area contributed by atoms with Gasteiger partial charge in [0.1, 0.15) is 12.2 Å². The van der Waals surface area contributed by atoms with E-state index in [0.717, 1.165) is 5.56 Å². The van der Waals surface area contributed by atoms with E-state index < -0.39 is 29.7 Å². The van der Waals surface area contributed by atoms with Crippen molar-refractivity contribution in [1.29, 1.82) is 0 Å². The number of hydrogen-bond donors (Lipinski definition) is 2. The highest BCUT2D eigenvalue weighted by Gasteiger charge is 2.39. The number of benzene rings is 1. The number of carbonyl (C=O) groups excluding carboxylic acids is 2. The molecule has 24 heavy (non-hydrogen) atoms. The van der Waals surface area contributed by atoms with E-state index in [1.165, 1.54) is 7.05 Å². The summed E-state index contributed by atoms with van der Waals surface area (Å²) in [5.41, 5.74) is 2.20. The van der Waals surface area contributed by atoms with Crippen molar-refractivity contribution in [2.75, 3.05) is 7.05 Å². The number of nitrogens with one attached hydrogen (secondary N) is 1. The van der Waals surface area contributed by atoms with Crippen molar-refractivity contribution >= 4 is 18.0 Å². The Morgan fingerprint density at radius 2 is 1.79 bits per heavy atom. The van der Waals surface area contributed by atoms with Crippen molar-refractivity contribution < 1.29 is 29.0 Å². The Labute approximate surface area is 140 Å². The molecule has 1 aromatic carbocycles. The third kappa shape index (κ3) is 5.88. The summed E-state index contributed by atoms with van der Waals surface area (Å²) >= 11 is 0. The van der Waals surface area contributed by atoms with Gasteiger partial charge in [0.05, 0.1) is 0 Å². The maximum atomic E-state index is 12.1. The van der Waals surface area contributed by atoms with Gasteiger partial charge in [0.15, 0.2) is 0 Å². The molecule has 0 aliphatic carbocycles. The molecule has 1 atom stereocenters. The normalized spacial score (nSPS) is 12.2. The van der Waals surface area contributed by atoms with Crippen LogP contribution in [0, 0.1) is 0 Å². The smallest absolute Gasteiger partial charge is 0.425 e. The number of rotatable bonds is 6. The first kappa shape index (κ1) is 19.4. The molecular weight excluding hydrogens is 316 g/mol. The van der Waals surface area contributed by atoms with Crippen LogP contribution < -0.4 is 5.43 Å². The van der Waals surface area contributed by atoms with Crippen LogP contribution in [0.5, 0.6) is 0 Å². The van der Waals surface area contributed by atoms with E-state index in [2.05, 4.69) is 5.43 Å². The monoisotopic (exact) mass is 338 g/mol. The van der Waals surface area contributed by atoms with Crippen LogP contribution in [0.4, 0.5) is 4.79 Å². The lowest BCUT2D eigenvalue weighted by atomic mass is 10.2. The van der Waals surface area contributed by atoms with Crippen molar-refractivity contribution in [3.63, 3.8) is 0 Å². The van der Waals surface area contributed by atoms with Crippen molar-refractivity contribution in [3.8, 4) is 0 Å². The summed E-state index contributed by atoms with van der Waals surface area (Å²) in [6.45, 7) is 4.74. The van der Waals surface area contributed by atoms with E-state index in [0.29, 0.717) is 5.01 Å². The average Bonchev–Trinajstić information content (AvgIpc) is 2.48. The molecule has 0 radical (unpaired) electrons. The molecule has 0 aliphatic rings. The van der Waals surface area contributed by atoms with Gasteiger partial charge in [0, 0.05) is 7.05 Å². The zero-order valence-corrected chi connectivity index (χ0v) is 14.1. The summed E-state index contributed by atoms with van der Waals surface area (Å²) in [6, 6.07) is 7.00. The van der Waals surface area contributed by atoms with Crippen LogP contribution in [-0.4, -0.2) is 46.8 Å². The number of aliphatic carboxylic acids is 1. The molecule has 8 nitrogen and oxygen atoms in total. The third-order valence-electron chi connectivity index (χ3n) is 2.76. The highest BCUT2D eigenvalue weighted by atomic mass is 16.6. The summed E-state index contributed by atoms with van der Waals surface area (Å²) < 4.78 is 10.1. The van der Waals surface area contributed by atoms with Crippen LogP contribution >= 0.6 is 0 Å². The van der Waals surface area contributed by atoms with Gasteiger partial charge in [-0.05, 0) is 26.3 Å². The quantitative estimate of drug-likeness (QED) is 0.460. The Balaban J connectivity index is 2.83. The van der Waals surface area contributed by atoms with Crippen molar-refractivity contribution in [2.24, 2.45) is 0 Å². The Hall–Kier alpha value is -2.61. The van der Waals surface area contributed by atoms with Gasteiger partial charge < -0.3 is 14.6 Å². The fourth-order valence-corrected chi connectivity index (χ4v) is 1.79. The Kier molecular flexibility index (Phi) is 6.72. The summed E-state index contributed by atoms with van der Waals surface area (Å²) in [5.74, 6) is -2.60. The molecule has 0 heterocycles. The van der Waals surface area contributed by atoms with Gasteiger partial charge in [0.2, 0.25) is 6.04 Å². The zero-order chi connectivity index (χ0) is 18.3. The predicted octanol–water partition coefficient (Wildman–Crippen LogP) is 1.55. The first-order chi connectivity index (χ1) is 11.2. The van der Waals surface area contributed by atoms with Gasteiger partial charge in [0.25, 0.3) is 0 Å². The fraction of sp³-hybridized carbons (Fsp3) is 0.438. The lowest BCUT2D eigenvalue weighted by Gasteiger charge is -2.28. The standard InChI is InChI=1S/C16H22N2O6/c1-16(2,3)24-14(21)12(13(19)20)18(17-4)15(22)23-10-11-8-6-5-7-9-11/h5-9,12,17H,10H2,1-4H3,(H,19,20). The molecule has 0 fully saturated rings. The number of carbonyl (C=O) groups is 3. The van der Waals surface area contributed by atoms with Gasteiger partial charge >= 0.3 is 18.0 Å². The number of esters is 1. The molecule has 0 spiro atoms. The number of nitrogens with zero attached hydrogens (tertiary/aromatic N) is 1. The zero-order valence-electron chi connectivity index (χ0n) is 14.1. The summed E-state index contributed by atoms with van der Waals surface area (Å²) in [5, 5.41) is 9.87. The van der Waals surface area contributed by atoms with E-state index in [4.69, 9.17) is 9.47 Å². The van der Waals surface area contributed by atoms with Gasteiger partial charge in [-0.15, -0.1) is 0 Å². The third-order valence-corrected chi connectivity index (χ3v) is 2.76. The van der Waals surface area contributed by atoms with Crippen molar-refractivity contribution in [1.82, 2.24) is 10.4 Å². The van der Waals surface area contributed by atoms with Crippen LogP contribution in [0.3, 0.4) is 0 Å². The van der Waals surface area contributed by atoms with Gasteiger partial charge in [-0.25, -0.2) is 24.8 Å². The SMILES string of the molecule is CNN(C(=O)OCc1ccccc1)C(C(=O)O)C(=O)OC(C)(C)C. The largest absolute Gasteiger partial charge is 0.479 e. The Morgan fingerprint density at radius 1 is 1.21 bits per heavy atom. The minimum atomic E-state index is -1.86. The molecule has 0 saturated heterocycles. The maximum absolute atomic E-state index is 12.1. The predicted molar refractivity (Wildman–Crippen MR) is 84.8 cm³/mol. The van der Waals surface area contributed by atoms with Gasteiger partial charge in [-0.2, -0.15) is 0 Å². The second kappa shape index (κ2) is 8.30.